The molecule has 2 aromatic rings. The van der Waals surface area contributed by atoms with Gasteiger partial charge in [0.25, 0.3) is 0 Å². The van der Waals surface area contributed by atoms with Crippen molar-refractivity contribution in [2.24, 2.45) is 10.4 Å². The molecule has 0 aliphatic carbocycles. The first kappa shape index (κ1) is 21.5. The molecule has 2 atom stereocenters. The van der Waals surface area contributed by atoms with Crippen LogP contribution in [0.2, 0.25) is 0 Å². The molecule has 1 fully saturated rings. The number of aliphatic hydroxyl groups excluding tert-OH is 1. The molecule has 0 spiro atoms. The van der Waals surface area contributed by atoms with Crippen molar-refractivity contribution in [3.8, 4) is 11.5 Å². The van der Waals surface area contributed by atoms with Gasteiger partial charge < -0.3 is 19.7 Å². The number of nitrogens with zero attached hydrogens (tertiary/aromatic N) is 2. The minimum absolute atomic E-state index is 0.000922. The van der Waals surface area contributed by atoms with Gasteiger partial charge in [-0.2, -0.15) is 0 Å². The summed E-state index contributed by atoms with van der Waals surface area (Å²) in [4.78, 5) is 35.3. The zero-order chi connectivity index (χ0) is 21.5. The number of nitroso groups, excluding NO2 is 2. The molecular formula is C21H22N2O7. The number of rotatable bonds is 9. The summed E-state index contributed by atoms with van der Waals surface area (Å²) in [5.74, 6) is -0.264. The van der Waals surface area contributed by atoms with Crippen molar-refractivity contribution in [2.75, 3.05) is 6.61 Å². The van der Waals surface area contributed by atoms with Crippen LogP contribution in [0.15, 0.2) is 46.8 Å². The third kappa shape index (κ3) is 5.25. The molecule has 0 amide bonds. The second-order valence-electron chi connectivity index (χ2n) is 7.03. The van der Waals surface area contributed by atoms with Gasteiger partial charge in [-0.15, -0.1) is 9.81 Å². The first-order valence-corrected chi connectivity index (χ1v) is 9.63. The summed E-state index contributed by atoms with van der Waals surface area (Å²) in [6.07, 6.45) is 1.28. The van der Waals surface area contributed by atoms with Crippen LogP contribution in [0.25, 0.3) is 0 Å². The lowest BCUT2D eigenvalue weighted by molar-refractivity contribution is -0.158. The molecule has 30 heavy (non-hydrogen) atoms. The lowest BCUT2D eigenvalue weighted by Crippen LogP contribution is -2.34. The molecule has 0 bridgehead atoms. The van der Waals surface area contributed by atoms with Gasteiger partial charge in [-0.1, -0.05) is 12.1 Å². The summed E-state index contributed by atoms with van der Waals surface area (Å²) in [5.41, 5.74) is 0.472. The van der Waals surface area contributed by atoms with E-state index in [4.69, 9.17) is 9.47 Å². The fourth-order valence-electron chi connectivity index (χ4n) is 3.36. The molecule has 0 saturated carbocycles. The van der Waals surface area contributed by atoms with Crippen LogP contribution in [0.4, 0.5) is 11.4 Å². The van der Waals surface area contributed by atoms with Crippen LogP contribution in [0.5, 0.6) is 11.5 Å². The fraction of sp³-hybridized carbons (Fsp3) is 0.381. The Kier molecular flexibility index (Phi) is 7.21. The van der Waals surface area contributed by atoms with Crippen molar-refractivity contribution in [1.82, 2.24) is 0 Å². The number of carbonyl (C=O) groups is 1. The molecule has 1 saturated heterocycles. The minimum atomic E-state index is -0.735. The molecule has 9 nitrogen and oxygen atoms in total. The number of aryl methyl sites for hydroxylation is 1. The Bertz CT molecular complexity index is 914. The highest BCUT2D eigenvalue weighted by molar-refractivity contribution is 6.04. The number of phenols is 1. The van der Waals surface area contributed by atoms with Crippen LogP contribution < -0.4 is 4.74 Å². The summed E-state index contributed by atoms with van der Waals surface area (Å²) < 4.78 is 11.4. The average Bonchev–Trinajstić information content (AvgIpc) is 2.78. The minimum Gasteiger partial charge on any atom is -0.508 e. The Morgan fingerprint density at radius 3 is 2.57 bits per heavy atom. The monoisotopic (exact) mass is 414 g/mol. The van der Waals surface area contributed by atoms with Gasteiger partial charge >= 0.3 is 0 Å². The van der Waals surface area contributed by atoms with Crippen molar-refractivity contribution < 1.29 is 24.5 Å². The highest BCUT2D eigenvalue weighted by atomic mass is 16.7. The largest absolute Gasteiger partial charge is 0.508 e. The Balaban J connectivity index is 1.85. The Morgan fingerprint density at radius 1 is 1.13 bits per heavy atom. The van der Waals surface area contributed by atoms with Gasteiger partial charge in [-0.05, 0) is 53.4 Å². The molecule has 3 rings (SSSR count). The summed E-state index contributed by atoms with van der Waals surface area (Å²) >= 11 is 0. The average molecular weight is 414 g/mol. The van der Waals surface area contributed by atoms with Crippen LogP contribution in [-0.4, -0.2) is 35.0 Å². The zero-order valence-electron chi connectivity index (χ0n) is 16.2. The molecule has 0 aromatic heterocycles. The number of carbonyl (C=O) groups excluding carboxylic acids is 1. The van der Waals surface area contributed by atoms with Crippen molar-refractivity contribution in [2.45, 2.75) is 44.5 Å². The van der Waals surface area contributed by atoms with E-state index in [1.54, 1.807) is 12.1 Å². The van der Waals surface area contributed by atoms with Crippen LogP contribution in [0, 0.1) is 9.81 Å². The van der Waals surface area contributed by atoms with Crippen molar-refractivity contribution in [1.29, 1.82) is 0 Å². The van der Waals surface area contributed by atoms with Crippen LogP contribution in [0.1, 0.15) is 41.6 Å². The van der Waals surface area contributed by atoms with Gasteiger partial charge in [0.05, 0.1) is 18.3 Å². The van der Waals surface area contributed by atoms with Crippen molar-refractivity contribution in [3.05, 3.63) is 57.3 Å². The predicted octanol–water partition coefficient (Wildman–Crippen LogP) is 4.27. The number of hydrogen-bond donors (Lipinski definition) is 2. The quantitative estimate of drug-likeness (QED) is 0.462. The molecule has 0 unspecified atom stereocenters. The molecule has 1 aliphatic rings. The maximum absolute atomic E-state index is 12.9. The molecule has 158 valence electrons. The third-order valence-corrected chi connectivity index (χ3v) is 4.90. The van der Waals surface area contributed by atoms with Crippen molar-refractivity contribution >= 4 is 17.2 Å². The highest BCUT2D eigenvalue weighted by Crippen LogP contribution is 2.37. The SMILES string of the molecule is O=Nc1cc(N=O)c(C(=O)CCc2ccc(O)cc2)c(O[C@H]2CCC[C@@H](CO)O2)c1. The first-order valence-electron chi connectivity index (χ1n) is 9.63. The maximum atomic E-state index is 12.9. The van der Waals surface area contributed by atoms with Crippen LogP contribution in [-0.2, 0) is 11.2 Å². The number of Topliss-reactive ketones (excluding diaryl/α,β-unsaturated/α-hetero) is 1. The Morgan fingerprint density at radius 2 is 1.90 bits per heavy atom. The predicted molar refractivity (Wildman–Crippen MR) is 108 cm³/mol. The number of hydrogen-bond acceptors (Lipinski definition) is 9. The number of ketones is 1. The Hall–Kier alpha value is -3.17. The molecule has 2 N–H and O–H groups in total. The first-order chi connectivity index (χ1) is 14.5. The van der Waals surface area contributed by atoms with E-state index in [1.807, 2.05) is 0 Å². The normalized spacial score (nSPS) is 18.6. The van der Waals surface area contributed by atoms with Crippen LogP contribution >= 0.6 is 0 Å². The van der Waals surface area contributed by atoms with Gasteiger partial charge in [0.15, 0.2) is 12.1 Å². The summed E-state index contributed by atoms with van der Waals surface area (Å²) in [6.45, 7) is -0.157. The van der Waals surface area contributed by atoms with E-state index in [1.165, 1.54) is 18.2 Å². The van der Waals surface area contributed by atoms with Gasteiger partial charge in [0.2, 0.25) is 0 Å². The van der Waals surface area contributed by atoms with Gasteiger partial charge in [0, 0.05) is 18.9 Å². The molecule has 9 heteroatoms. The number of benzene rings is 2. The van der Waals surface area contributed by atoms with E-state index in [0.717, 1.165) is 18.1 Å². The second-order valence-corrected chi connectivity index (χ2v) is 7.03. The Labute approximate surface area is 172 Å². The van der Waals surface area contributed by atoms with Gasteiger partial charge in [0.1, 0.15) is 22.9 Å². The van der Waals surface area contributed by atoms with Crippen molar-refractivity contribution in [3.63, 3.8) is 0 Å². The summed E-state index contributed by atoms with van der Waals surface area (Å²) in [5, 5.41) is 24.4. The number of aromatic hydroxyl groups is 1. The second kappa shape index (κ2) is 10.0. The lowest BCUT2D eigenvalue weighted by atomic mass is 10.00. The van der Waals surface area contributed by atoms with E-state index in [-0.39, 0.29) is 53.4 Å². The number of aliphatic hydroxyl groups is 1. The topological polar surface area (TPSA) is 135 Å². The molecule has 1 aliphatic heterocycles. The molecule has 0 radical (unpaired) electrons. The van der Waals surface area contributed by atoms with E-state index in [0.29, 0.717) is 19.3 Å². The molecule has 1 heterocycles. The van der Waals surface area contributed by atoms with Gasteiger partial charge in [-0.3, -0.25) is 4.79 Å². The summed E-state index contributed by atoms with van der Waals surface area (Å²) in [6, 6.07) is 8.86. The van der Waals surface area contributed by atoms with E-state index < -0.39 is 6.29 Å². The third-order valence-electron chi connectivity index (χ3n) is 4.90. The smallest absolute Gasteiger partial charge is 0.200 e. The summed E-state index contributed by atoms with van der Waals surface area (Å²) in [7, 11) is 0. The highest BCUT2D eigenvalue weighted by Gasteiger charge is 2.27. The molecular weight excluding hydrogens is 392 g/mol. The van der Waals surface area contributed by atoms with E-state index in [2.05, 4.69) is 10.4 Å². The maximum Gasteiger partial charge on any atom is 0.200 e. The number of phenolic OH excluding ortho intramolecular Hbond substituents is 1. The lowest BCUT2D eigenvalue weighted by Gasteiger charge is -2.29. The van der Waals surface area contributed by atoms with E-state index in [9.17, 15) is 24.8 Å². The van der Waals surface area contributed by atoms with E-state index >= 15 is 0 Å². The standard InChI is InChI=1S/C21H22N2O7/c24-12-16-2-1-3-20(29-16)30-19-11-14(22-27)10-17(23-28)21(19)18(26)9-6-13-4-7-15(25)8-5-13/h4-5,7-8,10-11,16,20,24-25H,1-3,6,9,12H2/t16-,20-/m0/s1. The number of ether oxygens (including phenoxy) is 2. The van der Waals surface area contributed by atoms with Crippen LogP contribution in [0.3, 0.4) is 0 Å². The molecule has 2 aromatic carbocycles. The van der Waals surface area contributed by atoms with Gasteiger partial charge in [-0.25, -0.2) is 0 Å². The zero-order valence-corrected chi connectivity index (χ0v) is 16.2. The fourth-order valence-corrected chi connectivity index (χ4v) is 3.36.